The summed E-state index contributed by atoms with van der Waals surface area (Å²) in [4.78, 5) is 0. The van der Waals surface area contributed by atoms with E-state index in [1.807, 2.05) is 0 Å². The summed E-state index contributed by atoms with van der Waals surface area (Å²) < 4.78 is 0. The van der Waals surface area contributed by atoms with Crippen LogP contribution in [0.3, 0.4) is 0 Å². The van der Waals surface area contributed by atoms with Gasteiger partial charge in [-0.1, -0.05) is 34.1 Å². The fourth-order valence-corrected chi connectivity index (χ4v) is 1.06. The number of nitrogens with two attached hydrogens (primary N) is 1. The van der Waals surface area contributed by atoms with Crippen molar-refractivity contribution >= 4 is 0 Å². The second-order valence-electron chi connectivity index (χ2n) is 3.87. The third-order valence-corrected chi connectivity index (χ3v) is 1.82. The highest BCUT2D eigenvalue weighted by Crippen LogP contribution is 2.21. The Bertz CT molecular complexity index is 83.7. The molecule has 62 valence electrons. The molecule has 0 unspecified atom stereocenters. The van der Waals surface area contributed by atoms with E-state index >= 15 is 0 Å². The molecular formula is C8H20N2. The molecule has 0 aromatic heterocycles. The van der Waals surface area contributed by atoms with Gasteiger partial charge in [0.1, 0.15) is 0 Å². The van der Waals surface area contributed by atoms with Crippen LogP contribution in [0.25, 0.3) is 0 Å². The minimum atomic E-state index is 0.282. The van der Waals surface area contributed by atoms with Gasteiger partial charge in [0.15, 0.2) is 0 Å². The van der Waals surface area contributed by atoms with Crippen molar-refractivity contribution in [3.63, 3.8) is 0 Å². The summed E-state index contributed by atoms with van der Waals surface area (Å²) in [5.41, 5.74) is 3.13. The van der Waals surface area contributed by atoms with Gasteiger partial charge in [-0.3, -0.25) is 11.3 Å². The summed E-state index contributed by atoms with van der Waals surface area (Å²) in [6, 6.07) is 0.442. The molecule has 0 saturated carbocycles. The van der Waals surface area contributed by atoms with Crippen LogP contribution < -0.4 is 11.3 Å². The molecule has 2 nitrogen and oxygen atoms in total. The third kappa shape index (κ3) is 3.18. The summed E-state index contributed by atoms with van der Waals surface area (Å²) in [6.07, 6.45) is 2.34. The molecule has 0 spiro atoms. The molecule has 3 N–H and O–H groups in total. The fraction of sp³-hybridized carbons (Fsp3) is 1.00. The van der Waals surface area contributed by atoms with Gasteiger partial charge in [-0.25, -0.2) is 0 Å². The topological polar surface area (TPSA) is 38.0 Å². The maximum absolute atomic E-state index is 5.39. The summed E-state index contributed by atoms with van der Waals surface area (Å²) in [7, 11) is 0. The molecule has 0 bridgehead atoms. The largest absolute Gasteiger partial charge is 0.271 e. The number of hydrogen-bond donors (Lipinski definition) is 2. The maximum atomic E-state index is 5.39. The van der Waals surface area contributed by atoms with E-state index in [2.05, 4.69) is 33.1 Å². The van der Waals surface area contributed by atoms with Crippen molar-refractivity contribution in [1.82, 2.24) is 5.43 Å². The molecule has 0 aromatic carbocycles. The normalized spacial score (nSPS) is 15.3. The standard InChI is InChI=1S/C8H20N2/c1-5-6-7(10-9)8(2,3)4/h7,10H,5-6,9H2,1-4H3/t7-/m1/s1. The molecular weight excluding hydrogens is 124 g/mol. The third-order valence-electron chi connectivity index (χ3n) is 1.82. The fourth-order valence-electron chi connectivity index (χ4n) is 1.06. The Morgan fingerprint density at radius 2 is 1.90 bits per heavy atom. The van der Waals surface area contributed by atoms with Crippen molar-refractivity contribution in [2.45, 2.75) is 46.6 Å². The van der Waals surface area contributed by atoms with Gasteiger partial charge in [-0.05, 0) is 11.8 Å². The Morgan fingerprint density at radius 1 is 1.40 bits per heavy atom. The monoisotopic (exact) mass is 144 g/mol. The van der Waals surface area contributed by atoms with Crippen LogP contribution in [0.2, 0.25) is 0 Å². The summed E-state index contributed by atoms with van der Waals surface area (Å²) in [5.74, 6) is 5.39. The first-order valence-corrected chi connectivity index (χ1v) is 3.98. The van der Waals surface area contributed by atoms with E-state index in [9.17, 15) is 0 Å². The quantitative estimate of drug-likeness (QED) is 0.467. The Kier molecular flexibility index (Phi) is 3.91. The smallest absolute Gasteiger partial charge is 0.0258 e. The van der Waals surface area contributed by atoms with E-state index in [1.165, 1.54) is 6.42 Å². The molecule has 0 aliphatic rings. The molecule has 0 rings (SSSR count). The zero-order valence-corrected chi connectivity index (χ0v) is 7.57. The Hall–Kier alpha value is -0.0800. The second kappa shape index (κ2) is 3.94. The molecule has 0 aromatic rings. The van der Waals surface area contributed by atoms with Gasteiger partial charge in [-0.15, -0.1) is 0 Å². The van der Waals surface area contributed by atoms with Crippen molar-refractivity contribution in [3.05, 3.63) is 0 Å². The summed E-state index contributed by atoms with van der Waals surface area (Å²) >= 11 is 0. The van der Waals surface area contributed by atoms with Gasteiger partial charge in [0.05, 0.1) is 0 Å². The highest BCUT2D eigenvalue weighted by molar-refractivity contribution is 4.77. The minimum Gasteiger partial charge on any atom is -0.271 e. The van der Waals surface area contributed by atoms with E-state index < -0.39 is 0 Å². The number of hydrogen-bond acceptors (Lipinski definition) is 2. The summed E-state index contributed by atoms with van der Waals surface area (Å²) in [5, 5.41) is 0. The van der Waals surface area contributed by atoms with Crippen molar-refractivity contribution in [1.29, 1.82) is 0 Å². The molecule has 0 aliphatic heterocycles. The second-order valence-corrected chi connectivity index (χ2v) is 3.87. The van der Waals surface area contributed by atoms with Crippen LogP contribution in [0.1, 0.15) is 40.5 Å². The minimum absolute atomic E-state index is 0.282. The lowest BCUT2D eigenvalue weighted by atomic mass is 9.85. The van der Waals surface area contributed by atoms with E-state index in [0.29, 0.717) is 6.04 Å². The van der Waals surface area contributed by atoms with Crippen LogP contribution >= 0.6 is 0 Å². The lowest BCUT2D eigenvalue weighted by Crippen LogP contribution is -2.44. The van der Waals surface area contributed by atoms with Crippen LogP contribution in [-0.2, 0) is 0 Å². The summed E-state index contributed by atoms with van der Waals surface area (Å²) in [6.45, 7) is 8.78. The Labute approximate surface area is 64.2 Å². The van der Waals surface area contributed by atoms with Gasteiger partial charge in [-0.2, -0.15) is 0 Å². The molecule has 0 radical (unpaired) electrons. The highest BCUT2D eigenvalue weighted by atomic mass is 15.2. The molecule has 0 amide bonds. The Balaban J connectivity index is 3.81. The Morgan fingerprint density at radius 3 is 2.00 bits per heavy atom. The van der Waals surface area contributed by atoms with Gasteiger partial charge in [0, 0.05) is 6.04 Å². The van der Waals surface area contributed by atoms with Crippen LogP contribution in [0.5, 0.6) is 0 Å². The zero-order chi connectivity index (χ0) is 8.20. The van der Waals surface area contributed by atoms with Crippen LogP contribution in [0, 0.1) is 5.41 Å². The highest BCUT2D eigenvalue weighted by Gasteiger charge is 2.21. The first-order chi connectivity index (χ1) is 4.52. The zero-order valence-electron chi connectivity index (χ0n) is 7.57. The van der Waals surface area contributed by atoms with Crippen LogP contribution in [0.15, 0.2) is 0 Å². The first-order valence-electron chi connectivity index (χ1n) is 3.98. The molecule has 10 heavy (non-hydrogen) atoms. The average Bonchev–Trinajstić information content (AvgIpc) is 1.80. The van der Waals surface area contributed by atoms with E-state index in [1.54, 1.807) is 0 Å². The van der Waals surface area contributed by atoms with Crippen LogP contribution in [0.4, 0.5) is 0 Å². The molecule has 1 atom stereocenters. The molecule has 0 saturated heterocycles. The van der Waals surface area contributed by atoms with Gasteiger partial charge >= 0.3 is 0 Å². The van der Waals surface area contributed by atoms with Gasteiger partial charge in [0.25, 0.3) is 0 Å². The molecule has 2 heteroatoms. The predicted molar refractivity (Wildman–Crippen MR) is 45.5 cm³/mol. The van der Waals surface area contributed by atoms with Crippen molar-refractivity contribution in [2.24, 2.45) is 11.3 Å². The van der Waals surface area contributed by atoms with Crippen molar-refractivity contribution in [3.8, 4) is 0 Å². The maximum Gasteiger partial charge on any atom is 0.0258 e. The lowest BCUT2D eigenvalue weighted by Gasteiger charge is -2.29. The van der Waals surface area contributed by atoms with E-state index in [4.69, 9.17) is 5.84 Å². The molecule has 0 fully saturated rings. The predicted octanol–water partition coefficient (Wildman–Crippen LogP) is 1.66. The van der Waals surface area contributed by atoms with E-state index in [0.717, 1.165) is 6.42 Å². The van der Waals surface area contributed by atoms with Gasteiger partial charge in [0.2, 0.25) is 0 Å². The molecule has 0 heterocycles. The van der Waals surface area contributed by atoms with Gasteiger partial charge < -0.3 is 0 Å². The van der Waals surface area contributed by atoms with Crippen molar-refractivity contribution < 1.29 is 0 Å². The number of hydrazine groups is 1. The molecule has 0 aliphatic carbocycles. The van der Waals surface area contributed by atoms with Crippen molar-refractivity contribution in [2.75, 3.05) is 0 Å². The number of nitrogens with one attached hydrogen (secondary N) is 1. The average molecular weight is 144 g/mol. The SMILES string of the molecule is CCC[C@@H](NN)C(C)(C)C. The first kappa shape index (κ1) is 9.92. The number of rotatable bonds is 3. The lowest BCUT2D eigenvalue weighted by molar-refractivity contribution is 0.255. The van der Waals surface area contributed by atoms with Crippen LogP contribution in [-0.4, -0.2) is 6.04 Å². The van der Waals surface area contributed by atoms with E-state index in [-0.39, 0.29) is 5.41 Å².